The average molecular weight is 197 g/mol. The summed E-state index contributed by atoms with van der Waals surface area (Å²) < 4.78 is 5.01. The summed E-state index contributed by atoms with van der Waals surface area (Å²) in [7, 11) is 0. The Bertz CT molecular complexity index is 326. The van der Waals surface area contributed by atoms with Crippen LogP contribution in [0.25, 0.3) is 0 Å². The molecule has 0 aromatic heterocycles. The summed E-state index contributed by atoms with van der Waals surface area (Å²) in [5.41, 5.74) is -0.0502. The fourth-order valence-corrected chi connectivity index (χ4v) is 0.911. The van der Waals surface area contributed by atoms with E-state index in [1.54, 1.807) is 13.0 Å². The summed E-state index contributed by atoms with van der Waals surface area (Å²) in [6.45, 7) is 1.75. The fourth-order valence-electron chi connectivity index (χ4n) is 0.911. The minimum Gasteiger partial charge on any atom is -0.465 e. The van der Waals surface area contributed by atoms with Gasteiger partial charge in [-0.1, -0.05) is 13.0 Å². The van der Waals surface area contributed by atoms with Crippen LogP contribution in [0, 0.1) is 10.1 Å². The summed E-state index contributed by atoms with van der Waals surface area (Å²) >= 11 is 0. The Labute approximate surface area is 81.1 Å². The van der Waals surface area contributed by atoms with Gasteiger partial charge in [0.15, 0.2) is 6.29 Å². The van der Waals surface area contributed by atoms with Crippen molar-refractivity contribution in [2.75, 3.05) is 0 Å². The Hall–Kier alpha value is -1.62. The molecule has 0 saturated carbocycles. The van der Waals surface area contributed by atoms with E-state index in [0.717, 1.165) is 0 Å². The molecule has 14 heavy (non-hydrogen) atoms. The number of ether oxygens (including phenoxy) is 1. The van der Waals surface area contributed by atoms with Gasteiger partial charge in [-0.15, -0.1) is 0 Å². The average Bonchev–Trinajstić information content (AvgIpc) is 2.18. The lowest BCUT2D eigenvalue weighted by atomic mass is 10.3. The highest BCUT2D eigenvalue weighted by Crippen LogP contribution is 2.20. The first-order chi connectivity index (χ1) is 6.63. The quantitative estimate of drug-likeness (QED) is 0.453. The zero-order chi connectivity index (χ0) is 10.6. The number of aliphatic hydroxyl groups excluding tert-OH is 1. The zero-order valence-corrected chi connectivity index (χ0v) is 7.71. The number of nitrogens with zero attached hydrogens (tertiary/aromatic N) is 1. The van der Waals surface area contributed by atoms with E-state index in [4.69, 9.17) is 9.84 Å². The molecular weight excluding hydrogens is 186 g/mol. The summed E-state index contributed by atoms with van der Waals surface area (Å²) in [5, 5.41) is 19.5. The van der Waals surface area contributed by atoms with Crippen LogP contribution in [-0.4, -0.2) is 16.3 Å². The number of rotatable bonds is 4. The van der Waals surface area contributed by atoms with Crippen molar-refractivity contribution in [1.29, 1.82) is 0 Å². The summed E-state index contributed by atoms with van der Waals surface area (Å²) in [5.74, 6) is 0.300. The van der Waals surface area contributed by atoms with Crippen LogP contribution in [0.15, 0.2) is 24.3 Å². The minimum absolute atomic E-state index is 0.0502. The number of hydrogen-bond acceptors (Lipinski definition) is 4. The fraction of sp³-hybridized carbons (Fsp3) is 0.333. The molecule has 1 rings (SSSR count). The second kappa shape index (κ2) is 4.57. The normalized spacial score (nSPS) is 12.1. The van der Waals surface area contributed by atoms with Gasteiger partial charge in [-0.3, -0.25) is 10.1 Å². The summed E-state index contributed by atoms with van der Waals surface area (Å²) in [6.07, 6.45) is -0.486. The van der Waals surface area contributed by atoms with Crippen LogP contribution in [0.5, 0.6) is 5.75 Å². The maximum absolute atomic E-state index is 10.4. The molecule has 0 aliphatic heterocycles. The van der Waals surface area contributed by atoms with Crippen molar-refractivity contribution < 1.29 is 14.8 Å². The number of aliphatic hydroxyl groups is 1. The number of hydrogen-bond donors (Lipinski definition) is 1. The predicted molar refractivity (Wildman–Crippen MR) is 50.0 cm³/mol. The Morgan fingerprint density at radius 2 is 2.36 bits per heavy atom. The van der Waals surface area contributed by atoms with Gasteiger partial charge in [-0.25, -0.2) is 0 Å². The van der Waals surface area contributed by atoms with Gasteiger partial charge >= 0.3 is 0 Å². The van der Waals surface area contributed by atoms with Gasteiger partial charge in [0.25, 0.3) is 5.69 Å². The molecule has 0 spiro atoms. The largest absolute Gasteiger partial charge is 0.465 e. The Kier molecular flexibility index (Phi) is 3.41. The number of nitro groups is 1. The molecule has 5 heteroatoms. The second-order valence-electron chi connectivity index (χ2n) is 2.74. The van der Waals surface area contributed by atoms with E-state index in [1.807, 2.05) is 0 Å². The molecule has 0 bridgehead atoms. The molecular formula is C9H11NO4. The third-order valence-corrected chi connectivity index (χ3v) is 1.65. The molecule has 1 unspecified atom stereocenters. The third-order valence-electron chi connectivity index (χ3n) is 1.65. The molecule has 1 atom stereocenters. The van der Waals surface area contributed by atoms with Gasteiger partial charge in [0.2, 0.25) is 0 Å². The van der Waals surface area contributed by atoms with Crippen molar-refractivity contribution in [3.8, 4) is 5.75 Å². The topological polar surface area (TPSA) is 72.6 Å². The monoisotopic (exact) mass is 197 g/mol. The third kappa shape index (κ3) is 2.70. The molecule has 0 heterocycles. The number of nitro benzene ring substituents is 1. The van der Waals surface area contributed by atoms with Crippen molar-refractivity contribution in [2.45, 2.75) is 19.6 Å². The van der Waals surface area contributed by atoms with Crippen molar-refractivity contribution in [3.05, 3.63) is 34.4 Å². The van der Waals surface area contributed by atoms with Crippen LogP contribution in [0.1, 0.15) is 13.3 Å². The first-order valence-electron chi connectivity index (χ1n) is 4.22. The lowest BCUT2D eigenvalue weighted by Crippen LogP contribution is -2.13. The summed E-state index contributed by atoms with van der Waals surface area (Å²) in [4.78, 5) is 9.89. The Morgan fingerprint density at radius 1 is 1.64 bits per heavy atom. The first kappa shape index (κ1) is 10.5. The van der Waals surface area contributed by atoms with Gasteiger partial charge in [0.1, 0.15) is 5.75 Å². The van der Waals surface area contributed by atoms with E-state index >= 15 is 0 Å². The lowest BCUT2D eigenvalue weighted by Gasteiger charge is -2.10. The van der Waals surface area contributed by atoms with E-state index < -0.39 is 11.2 Å². The molecule has 0 saturated heterocycles. The first-order valence-corrected chi connectivity index (χ1v) is 4.22. The zero-order valence-electron chi connectivity index (χ0n) is 7.71. The molecule has 0 fully saturated rings. The Morgan fingerprint density at radius 3 is 2.93 bits per heavy atom. The lowest BCUT2D eigenvalue weighted by molar-refractivity contribution is -0.385. The van der Waals surface area contributed by atoms with Gasteiger partial charge in [-0.2, -0.15) is 0 Å². The second-order valence-corrected chi connectivity index (χ2v) is 2.74. The molecule has 1 N–H and O–H groups in total. The van der Waals surface area contributed by atoms with E-state index in [9.17, 15) is 10.1 Å². The van der Waals surface area contributed by atoms with Crippen molar-refractivity contribution >= 4 is 5.69 Å². The molecule has 0 amide bonds. The van der Waals surface area contributed by atoms with Crippen LogP contribution >= 0.6 is 0 Å². The van der Waals surface area contributed by atoms with E-state index in [-0.39, 0.29) is 5.69 Å². The molecule has 0 aliphatic carbocycles. The van der Waals surface area contributed by atoms with Crippen LogP contribution < -0.4 is 4.74 Å². The number of non-ortho nitro benzene ring substituents is 1. The predicted octanol–water partition coefficient (Wildman–Crippen LogP) is 1.70. The van der Waals surface area contributed by atoms with E-state index in [2.05, 4.69) is 0 Å². The van der Waals surface area contributed by atoms with E-state index in [1.165, 1.54) is 18.2 Å². The molecule has 5 nitrogen and oxygen atoms in total. The molecule has 0 aliphatic rings. The molecule has 76 valence electrons. The molecule has 1 aromatic rings. The number of benzene rings is 1. The smallest absolute Gasteiger partial charge is 0.273 e. The SMILES string of the molecule is CCC(O)Oc1cccc([N+](=O)[O-])c1. The van der Waals surface area contributed by atoms with Gasteiger partial charge < -0.3 is 9.84 Å². The molecule has 1 aromatic carbocycles. The van der Waals surface area contributed by atoms with Crippen LogP contribution in [-0.2, 0) is 0 Å². The molecule has 0 radical (unpaired) electrons. The Balaban J connectivity index is 2.78. The van der Waals surface area contributed by atoms with E-state index in [0.29, 0.717) is 12.2 Å². The highest BCUT2D eigenvalue weighted by atomic mass is 16.6. The van der Waals surface area contributed by atoms with Crippen molar-refractivity contribution in [3.63, 3.8) is 0 Å². The maximum Gasteiger partial charge on any atom is 0.273 e. The van der Waals surface area contributed by atoms with Crippen molar-refractivity contribution in [1.82, 2.24) is 0 Å². The van der Waals surface area contributed by atoms with Gasteiger partial charge in [-0.05, 0) is 6.07 Å². The van der Waals surface area contributed by atoms with Gasteiger partial charge in [0.05, 0.1) is 11.0 Å². The highest BCUT2D eigenvalue weighted by molar-refractivity contribution is 5.37. The van der Waals surface area contributed by atoms with Crippen LogP contribution in [0.4, 0.5) is 5.69 Å². The maximum atomic E-state index is 10.4. The van der Waals surface area contributed by atoms with Gasteiger partial charge in [0, 0.05) is 12.5 Å². The van der Waals surface area contributed by atoms with Crippen LogP contribution in [0.2, 0.25) is 0 Å². The summed E-state index contributed by atoms with van der Waals surface area (Å²) in [6, 6.07) is 5.71. The minimum atomic E-state index is -0.919. The van der Waals surface area contributed by atoms with Crippen LogP contribution in [0.3, 0.4) is 0 Å². The van der Waals surface area contributed by atoms with Crippen molar-refractivity contribution in [2.24, 2.45) is 0 Å². The highest BCUT2D eigenvalue weighted by Gasteiger charge is 2.08. The standard InChI is InChI=1S/C9H11NO4/c1-2-9(11)14-8-5-3-4-7(6-8)10(12)13/h3-6,9,11H,2H2,1H3.